The first-order valence-electron chi connectivity index (χ1n) is 27.3. The van der Waals surface area contributed by atoms with Crippen LogP contribution >= 0.6 is 0 Å². The van der Waals surface area contributed by atoms with Crippen molar-refractivity contribution < 1.29 is 40.9 Å². The fourth-order valence-corrected chi connectivity index (χ4v) is 8.91. The maximum atomic E-state index is 12.4. The zero-order valence-corrected chi connectivity index (χ0v) is 51.0. The van der Waals surface area contributed by atoms with E-state index in [1.807, 2.05) is 121 Å². The number of hydrazine groups is 1. The van der Waals surface area contributed by atoms with Crippen LogP contribution in [0, 0.1) is 81.5 Å². The van der Waals surface area contributed by atoms with Crippen LogP contribution in [0.1, 0.15) is 32.6 Å². The first-order valence-corrected chi connectivity index (χ1v) is 27.3. The number of nitrogens with zero attached hydrogens (tertiary/aromatic N) is 12. The topological polar surface area (TPSA) is 425 Å². The van der Waals surface area contributed by atoms with Gasteiger partial charge in [0.05, 0.1) is 119 Å². The van der Waals surface area contributed by atoms with Crippen molar-refractivity contribution in [3.8, 4) is 58.4 Å². The molecule has 0 spiro atoms. The second kappa shape index (κ2) is 32.0. The molecule has 12 rings (SSSR count). The number of imidazole rings is 3. The average molecular weight is 1280 g/mol. The molecule has 0 aliphatic rings. The second-order valence-electron chi connectivity index (χ2n) is 19.7. The molecule has 3 aromatic heterocycles. The van der Waals surface area contributed by atoms with Crippen molar-refractivity contribution in [3.63, 3.8) is 0 Å². The minimum atomic E-state index is -0.643. The van der Waals surface area contributed by atoms with Crippen LogP contribution in [0.15, 0.2) is 188 Å². The van der Waals surface area contributed by atoms with Gasteiger partial charge in [0.25, 0.3) is 22.9 Å². The Bertz CT molecular complexity index is 4910. The molecule has 0 saturated heterocycles. The summed E-state index contributed by atoms with van der Waals surface area (Å²) in [6.45, 7) is 0. The minimum Gasteiger partial charge on any atom is -1.00 e. The molecule has 0 fully saturated rings. The molecule has 470 valence electrons. The molecule has 0 unspecified atom stereocenters. The van der Waals surface area contributed by atoms with Gasteiger partial charge in [-0.1, -0.05) is 12.1 Å². The molecule has 0 atom stereocenters. The van der Waals surface area contributed by atoms with Crippen molar-refractivity contribution in [1.29, 1.82) is 21.0 Å². The van der Waals surface area contributed by atoms with Gasteiger partial charge in [0.1, 0.15) is 23.8 Å². The van der Waals surface area contributed by atoms with Gasteiger partial charge in [-0.3, -0.25) is 41.0 Å². The first-order chi connectivity index (χ1) is 44.6. The van der Waals surface area contributed by atoms with Gasteiger partial charge in [0.15, 0.2) is 11.0 Å². The predicted octanol–water partition coefficient (Wildman–Crippen LogP) is 8.44. The second-order valence-corrected chi connectivity index (χ2v) is 19.7. The number of nitro groups is 3. The Morgan fingerprint density at radius 1 is 0.564 bits per heavy atom. The summed E-state index contributed by atoms with van der Waals surface area (Å²) in [7, 11) is 7.53. The average Bonchev–Trinajstić information content (AvgIpc) is 1.66. The van der Waals surface area contributed by atoms with Crippen LogP contribution in [0.3, 0.4) is 0 Å². The molecule has 26 nitrogen and oxygen atoms in total. The number of carbonyl (C=O) groups excluding carboxylic acids is 1. The lowest BCUT2D eigenvalue weighted by Crippen LogP contribution is -3.00. The highest BCUT2D eigenvalue weighted by molar-refractivity contribution is 5.85. The molecule has 11 N–H and O–H groups in total. The lowest BCUT2D eigenvalue weighted by molar-refractivity contribution is -0.633. The van der Waals surface area contributed by atoms with Crippen molar-refractivity contribution in [2.45, 2.75) is 0 Å². The highest BCUT2D eigenvalue weighted by Gasteiger charge is 2.19. The third-order valence-corrected chi connectivity index (χ3v) is 13.8. The molecule has 0 saturated carbocycles. The van der Waals surface area contributed by atoms with Gasteiger partial charge in [-0.05, 0) is 133 Å². The summed E-state index contributed by atoms with van der Waals surface area (Å²) in [4.78, 5) is 52.2. The number of aryl methyl sites for hydroxylation is 3. The molecular formula is C66H55ClFN19O7. The molecule has 12 aromatic rings. The number of halogens is 2. The summed E-state index contributed by atoms with van der Waals surface area (Å²) in [6.07, 6.45) is 0.751. The van der Waals surface area contributed by atoms with E-state index in [0.29, 0.717) is 56.2 Å². The van der Waals surface area contributed by atoms with E-state index in [0.717, 1.165) is 86.1 Å². The standard InChI is InChI=1S/C15H13N5.C15H10N4O2.C15H12N4.C8H5NO.C7H9N3O2.C6H5FN2O2.ClH/c1-20-14-7-6-12(19-17)8-13(14)18-15(20)11-4-2-10(9-16)3-5-11;1-18-14-7-6-12(19(20)21)8-13(14)17-15(18)11-4-2-10(9-16)3-5-11;1-19-14-7-6-12(17)8-13(14)18-15(19)11-4-2-10(9-16)3-5-11;9-5-7-1-3-8(6-10)4-2-7;1-9-7-3-2-5(10(11)12)4-6(7)8;7-5-2-1-4(9(10)11)3-6(5)8;/h2-8,19H,17H2,1H3;2-8H,1H3;2-8H,17H2,1H3;1-4,6H;2-4,9H,8H2,1H3;1-3H,8H2;1H. The molecular weight excluding hydrogens is 1230 g/mol. The summed E-state index contributed by atoms with van der Waals surface area (Å²) >= 11 is 0. The SMILES string of the molecule is CNc1ccc([N+](=O)[O-])cc1N.C[n+]1c(-c2ccc(C#N)cc2)[nH]c2cc(NN)ccc21.Cn1c(-c2ccc(C#N)cc2)nc2cc(N)ccc21.Cn1c(-c2ccc(C#N)cc2)nc2cc([N+](=O)[O-])ccc21.N#Cc1ccc(C=O)cc1.Nc1cc([N+](=O)[O-])ccc1F.[Cl-]. The monoisotopic (exact) mass is 1280 g/mol. The van der Waals surface area contributed by atoms with E-state index in [9.17, 15) is 39.5 Å². The Balaban J connectivity index is 0.000000182. The number of nitrogens with one attached hydrogen (secondary N) is 3. The number of carbonyl (C=O) groups is 1. The molecule has 94 heavy (non-hydrogen) atoms. The molecule has 28 heteroatoms. The molecule has 3 heterocycles. The molecule has 0 radical (unpaired) electrons. The normalized spacial score (nSPS) is 9.89. The smallest absolute Gasteiger partial charge is 0.287 e. The summed E-state index contributed by atoms with van der Waals surface area (Å²) in [5, 5.41) is 68.8. The quantitative estimate of drug-likeness (QED) is 0.0178. The van der Waals surface area contributed by atoms with Crippen molar-refractivity contribution in [1.82, 2.24) is 24.1 Å². The van der Waals surface area contributed by atoms with E-state index in [1.165, 1.54) is 24.3 Å². The number of non-ortho nitro benzene ring substituents is 3. The van der Waals surface area contributed by atoms with E-state index in [-0.39, 0.29) is 35.2 Å². The van der Waals surface area contributed by atoms with Gasteiger partial charge in [0.2, 0.25) is 0 Å². The first kappa shape index (κ1) is 69.5. The molecule has 0 aliphatic carbocycles. The molecule has 9 aromatic carbocycles. The van der Waals surface area contributed by atoms with Gasteiger partial charge in [-0.15, -0.1) is 0 Å². The Labute approximate surface area is 541 Å². The Hall–Kier alpha value is -13.6. The maximum Gasteiger partial charge on any atom is 0.287 e. The number of benzene rings is 9. The Morgan fingerprint density at radius 2 is 0.989 bits per heavy atom. The minimum absolute atomic E-state index is 0. The number of rotatable bonds is 9. The molecule has 0 aliphatic heterocycles. The lowest BCUT2D eigenvalue weighted by Gasteiger charge is -2.02. The third-order valence-electron chi connectivity index (χ3n) is 13.8. The summed E-state index contributed by atoms with van der Waals surface area (Å²) in [6, 6.07) is 60.2. The number of hydrogen-bond donors (Lipinski definition) is 7. The number of nitrogens with two attached hydrogens (primary N) is 4. The van der Waals surface area contributed by atoms with Crippen LogP contribution in [-0.4, -0.2) is 52.2 Å². The zero-order chi connectivity index (χ0) is 67.5. The van der Waals surface area contributed by atoms with Gasteiger partial charge in [0, 0.05) is 86.0 Å². The van der Waals surface area contributed by atoms with E-state index in [4.69, 9.17) is 44.1 Å². The highest BCUT2D eigenvalue weighted by atomic mass is 35.5. The van der Waals surface area contributed by atoms with Crippen molar-refractivity contribution in [2.24, 2.45) is 27.0 Å². The van der Waals surface area contributed by atoms with E-state index < -0.39 is 20.6 Å². The lowest BCUT2D eigenvalue weighted by atomic mass is 10.1. The highest BCUT2D eigenvalue weighted by Crippen LogP contribution is 2.29. The van der Waals surface area contributed by atoms with Crippen LogP contribution in [0.5, 0.6) is 0 Å². The van der Waals surface area contributed by atoms with E-state index in [2.05, 4.69) is 48.5 Å². The number of hydrogen-bond acceptors (Lipinski definition) is 19. The largest absolute Gasteiger partial charge is 1.00 e. The van der Waals surface area contributed by atoms with Crippen molar-refractivity contribution in [3.05, 3.63) is 252 Å². The Kier molecular flexibility index (Phi) is 23.7. The fourth-order valence-electron chi connectivity index (χ4n) is 8.91. The zero-order valence-electron chi connectivity index (χ0n) is 50.3. The Morgan fingerprint density at radius 3 is 1.43 bits per heavy atom. The van der Waals surface area contributed by atoms with Crippen LogP contribution in [-0.2, 0) is 21.1 Å². The van der Waals surface area contributed by atoms with Crippen LogP contribution < -0.4 is 50.8 Å². The molecule has 0 bridgehead atoms. The number of nitriles is 4. The number of nitrogen functional groups attached to an aromatic ring is 4. The van der Waals surface area contributed by atoms with Gasteiger partial charge >= 0.3 is 0 Å². The van der Waals surface area contributed by atoms with Crippen LogP contribution in [0.25, 0.3) is 67.3 Å². The fraction of sp³-hybridized carbons (Fsp3) is 0.0606. The summed E-state index contributed by atoms with van der Waals surface area (Å²) in [5.74, 6) is 7.34. The number of fused-ring (bicyclic) bond motifs is 3. The number of aromatic nitrogens is 6. The van der Waals surface area contributed by atoms with Crippen LogP contribution in [0.2, 0.25) is 0 Å². The summed E-state index contributed by atoms with van der Waals surface area (Å²) in [5.41, 5.74) is 32.6. The molecule has 0 amide bonds. The van der Waals surface area contributed by atoms with Gasteiger partial charge in [-0.2, -0.15) is 21.0 Å². The van der Waals surface area contributed by atoms with E-state index in [1.54, 1.807) is 67.7 Å². The van der Waals surface area contributed by atoms with Crippen molar-refractivity contribution >= 4 is 84.9 Å². The van der Waals surface area contributed by atoms with Crippen LogP contribution in [0.4, 0.5) is 49.9 Å². The third kappa shape index (κ3) is 17.2. The number of nitro benzene ring substituents is 3. The summed E-state index contributed by atoms with van der Waals surface area (Å²) < 4.78 is 18.4. The maximum absolute atomic E-state index is 12.4. The number of H-pyrrole nitrogens is 1. The van der Waals surface area contributed by atoms with Gasteiger partial charge < -0.3 is 49.5 Å². The number of aldehydes is 1. The van der Waals surface area contributed by atoms with Gasteiger partial charge in [-0.25, -0.2) is 23.9 Å². The van der Waals surface area contributed by atoms with E-state index >= 15 is 0 Å². The van der Waals surface area contributed by atoms with Crippen molar-refractivity contribution in [2.75, 3.05) is 35.0 Å². The number of anilines is 5. The number of aromatic amines is 1. The predicted molar refractivity (Wildman–Crippen MR) is 351 cm³/mol.